The summed E-state index contributed by atoms with van der Waals surface area (Å²) in [5.41, 5.74) is 2.80. The maximum Gasteiger partial charge on any atom is 0.231 e. The maximum absolute atomic E-state index is 12.8. The van der Waals surface area contributed by atoms with Gasteiger partial charge in [-0.25, -0.2) is 0 Å². The zero-order chi connectivity index (χ0) is 21.9. The molecule has 0 unspecified atom stereocenters. The average Bonchev–Trinajstić information content (AvgIpc) is 3.00. The molecule has 0 radical (unpaired) electrons. The fraction of sp³-hybridized carbons (Fsp3) is 0.292. The van der Waals surface area contributed by atoms with Crippen LogP contribution in [0.2, 0.25) is 0 Å². The monoisotopic (exact) mass is 401 g/mol. The largest absolute Gasteiger partial charge is 0.507 e. The summed E-state index contributed by atoms with van der Waals surface area (Å²) in [7, 11) is 0. The number of ketones is 1. The lowest BCUT2D eigenvalue weighted by Crippen LogP contribution is -2.24. The van der Waals surface area contributed by atoms with Crippen LogP contribution >= 0.6 is 0 Å². The number of Topliss-reactive ketones (excluding diaryl/α,β-unsaturated/α-hetero) is 1. The molecule has 2 aromatic rings. The number of rotatable bonds is 5. The molecule has 152 valence electrons. The number of aromatic hydroxyl groups is 1. The van der Waals surface area contributed by atoms with Gasteiger partial charge in [-0.2, -0.15) is 10.5 Å². The summed E-state index contributed by atoms with van der Waals surface area (Å²) in [5.74, 6) is 0.141. The van der Waals surface area contributed by atoms with Crippen LogP contribution in [0.15, 0.2) is 42.2 Å². The Hall–Kier alpha value is -3.61. The van der Waals surface area contributed by atoms with Crippen LogP contribution in [0.3, 0.4) is 0 Å². The number of hydrogen-bond donors (Lipinski definition) is 1. The van der Waals surface area contributed by atoms with E-state index in [4.69, 9.17) is 15.3 Å². The fourth-order valence-electron chi connectivity index (χ4n) is 3.27. The number of nitriles is 2. The van der Waals surface area contributed by atoms with Crippen molar-refractivity contribution in [2.45, 2.75) is 32.7 Å². The Morgan fingerprint density at radius 3 is 2.27 bits per heavy atom. The second-order valence-corrected chi connectivity index (χ2v) is 8.21. The Kier molecular flexibility index (Phi) is 5.91. The first-order chi connectivity index (χ1) is 14.2. The van der Waals surface area contributed by atoms with Gasteiger partial charge < -0.3 is 9.84 Å². The van der Waals surface area contributed by atoms with Crippen molar-refractivity contribution in [3.8, 4) is 23.6 Å². The lowest BCUT2D eigenvalue weighted by molar-refractivity contribution is 0.101. The Bertz CT molecular complexity index is 1060. The highest BCUT2D eigenvalue weighted by molar-refractivity contribution is 6.15. The van der Waals surface area contributed by atoms with E-state index >= 15 is 0 Å². The van der Waals surface area contributed by atoms with Gasteiger partial charge >= 0.3 is 0 Å². The van der Waals surface area contributed by atoms with Crippen molar-refractivity contribution in [3.63, 3.8) is 0 Å². The molecular formula is C24H23N3O3. The minimum atomic E-state index is -0.265. The van der Waals surface area contributed by atoms with Crippen LogP contribution < -0.4 is 4.74 Å². The first-order valence-electron chi connectivity index (χ1n) is 9.60. The van der Waals surface area contributed by atoms with Crippen molar-refractivity contribution in [1.82, 2.24) is 4.90 Å². The van der Waals surface area contributed by atoms with Crippen molar-refractivity contribution in [1.29, 1.82) is 10.5 Å². The van der Waals surface area contributed by atoms with Crippen LogP contribution in [-0.2, 0) is 12.0 Å². The SMILES string of the molecule is CC(C)(C)c1ccc(C=C2Oc3c(ccc(O)c3CN(CC#N)CC#N)C2=O)cc1. The Balaban J connectivity index is 1.92. The molecule has 0 aromatic heterocycles. The Morgan fingerprint density at radius 1 is 1.07 bits per heavy atom. The predicted octanol–water partition coefficient (Wildman–Crippen LogP) is 4.16. The van der Waals surface area contributed by atoms with Crippen LogP contribution in [0.1, 0.15) is 47.8 Å². The van der Waals surface area contributed by atoms with Gasteiger partial charge in [0.1, 0.15) is 11.5 Å². The van der Waals surface area contributed by atoms with E-state index in [-0.39, 0.29) is 48.1 Å². The molecule has 0 saturated heterocycles. The van der Waals surface area contributed by atoms with Crippen LogP contribution in [0.4, 0.5) is 0 Å². The van der Waals surface area contributed by atoms with Crippen LogP contribution in [0.25, 0.3) is 6.08 Å². The number of ether oxygens (including phenoxy) is 1. The second kappa shape index (κ2) is 8.41. The molecule has 1 N–H and O–H groups in total. The quantitative estimate of drug-likeness (QED) is 0.597. The minimum Gasteiger partial charge on any atom is -0.507 e. The van der Waals surface area contributed by atoms with Crippen molar-refractivity contribution in [2.24, 2.45) is 0 Å². The predicted molar refractivity (Wildman–Crippen MR) is 113 cm³/mol. The summed E-state index contributed by atoms with van der Waals surface area (Å²) in [6.07, 6.45) is 1.68. The van der Waals surface area contributed by atoms with Crippen molar-refractivity contribution in [2.75, 3.05) is 13.1 Å². The highest BCUT2D eigenvalue weighted by Crippen LogP contribution is 2.40. The van der Waals surface area contributed by atoms with Crippen LogP contribution in [0.5, 0.6) is 11.5 Å². The van der Waals surface area contributed by atoms with Gasteiger partial charge in [0, 0.05) is 6.54 Å². The molecule has 0 bridgehead atoms. The van der Waals surface area contributed by atoms with Gasteiger partial charge in [-0.15, -0.1) is 0 Å². The summed E-state index contributed by atoms with van der Waals surface area (Å²) in [6.45, 7) is 6.57. The number of carbonyl (C=O) groups excluding carboxylic acids is 1. The molecule has 6 nitrogen and oxygen atoms in total. The molecule has 30 heavy (non-hydrogen) atoms. The summed E-state index contributed by atoms with van der Waals surface area (Å²) >= 11 is 0. The van der Waals surface area contributed by atoms with E-state index in [2.05, 4.69) is 20.8 Å². The van der Waals surface area contributed by atoms with Gasteiger partial charge in [0.25, 0.3) is 0 Å². The molecule has 1 aliphatic rings. The van der Waals surface area contributed by atoms with Gasteiger partial charge in [0.2, 0.25) is 5.78 Å². The zero-order valence-electron chi connectivity index (χ0n) is 17.3. The summed E-state index contributed by atoms with van der Waals surface area (Å²) in [4.78, 5) is 14.4. The minimum absolute atomic E-state index is 0.0213. The van der Waals surface area contributed by atoms with Gasteiger partial charge in [0.15, 0.2) is 5.76 Å². The third kappa shape index (κ3) is 4.35. The normalized spacial score (nSPS) is 14.3. The van der Waals surface area contributed by atoms with E-state index in [0.29, 0.717) is 11.1 Å². The second-order valence-electron chi connectivity index (χ2n) is 8.21. The standard InChI is InChI=1S/C24H23N3O3/c1-24(2,3)17-6-4-16(5-7-17)14-21-22(29)18-8-9-20(28)19(23(18)30-21)15-27(12-10-25)13-11-26/h4-9,14,28H,12-13,15H2,1-3H3. The van der Waals surface area contributed by atoms with E-state index in [1.54, 1.807) is 11.0 Å². The number of hydrogen-bond acceptors (Lipinski definition) is 6. The third-order valence-corrected chi connectivity index (χ3v) is 4.96. The molecular weight excluding hydrogens is 378 g/mol. The molecule has 0 amide bonds. The number of phenols is 1. The number of carbonyl (C=O) groups is 1. The third-order valence-electron chi connectivity index (χ3n) is 4.96. The van der Waals surface area contributed by atoms with Crippen molar-refractivity contribution >= 4 is 11.9 Å². The van der Waals surface area contributed by atoms with Gasteiger partial charge in [-0.05, 0) is 34.8 Å². The first kappa shape index (κ1) is 21.1. The molecule has 1 heterocycles. The number of nitrogens with zero attached hydrogens (tertiary/aromatic N) is 3. The van der Waals surface area contributed by atoms with E-state index in [0.717, 1.165) is 5.56 Å². The summed E-state index contributed by atoms with van der Waals surface area (Å²) in [6, 6.07) is 14.9. The fourth-order valence-corrected chi connectivity index (χ4v) is 3.27. The Morgan fingerprint density at radius 2 is 1.70 bits per heavy atom. The average molecular weight is 401 g/mol. The number of benzene rings is 2. The smallest absolute Gasteiger partial charge is 0.231 e. The number of fused-ring (bicyclic) bond motifs is 1. The Labute approximate surface area is 176 Å². The van der Waals surface area contributed by atoms with E-state index in [1.165, 1.54) is 17.7 Å². The highest BCUT2D eigenvalue weighted by atomic mass is 16.5. The topological polar surface area (TPSA) is 97.3 Å². The molecule has 0 atom stereocenters. The highest BCUT2D eigenvalue weighted by Gasteiger charge is 2.31. The van der Waals surface area contributed by atoms with E-state index in [9.17, 15) is 9.90 Å². The lowest BCUT2D eigenvalue weighted by Gasteiger charge is -2.18. The van der Waals surface area contributed by atoms with Crippen molar-refractivity contribution < 1.29 is 14.6 Å². The molecule has 6 heteroatoms. The molecule has 0 fully saturated rings. The lowest BCUT2D eigenvalue weighted by atomic mass is 9.86. The van der Waals surface area contributed by atoms with E-state index in [1.807, 2.05) is 36.4 Å². The molecule has 0 saturated carbocycles. The van der Waals surface area contributed by atoms with Crippen LogP contribution in [0, 0.1) is 22.7 Å². The van der Waals surface area contributed by atoms with Crippen LogP contribution in [-0.4, -0.2) is 28.9 Å². The first-order valence-corrected chi connectivity index (χ1v) is 9.60. The van der Waals surface area contributed by atoms with E-state index < -0.39 is 0 Å². The number of phenolic OH excluding ortho intramolecular Hbond substituents is 1. The van der Waals surface area contributed by atoms with Gasteiger partial charge in [-0.1, -0.05) is 45.0 Å². The molecule has 0 aliphatic carbocycles. The zero-order valence-corrected chi connectivity index (χ0v) is 17.3. The molecule has 2 aromatic carbocycles. The van der Waals surface area contributed by atoms with Gasteiger partial charge in [-0.3, -0.25) is 9.69 Å². The van der Waals surface area contributed by atoms with Gasteiger partial charge in [0.05, 0.1) is 36.4 Å². The summed E-state index contributed by atoms with van der Waals surface area (Å²) in [5, 5.41) is 28.3. The number of allylic oxidation sites excluding steroid dienone is 1. The molecule has 3 rings (SSSR count). The summed E-state index contributed by atoms with van der Waals surface area (Å²) < 4.78 is 5.85. The van der Waals surface area contributed by atoms with Crippen molar-refractivity contribution in [3.05, 3.63) is 64.4 Å². The molecule has 1 aliphatic heterocycles. The maximum atomic E-state index is 12.8. The molecule has 0 spiro atoms.